The molecular formula is C31H28N4O5S. The number of allylic oxidation sites excluding steroid dienone is 2. The van der Waals surface area contributed by atoms with Gasteiger partial charge in [0.05, 0.1) is 23.9 Å². The molecule has 208 valence electrons. The molecule has 0 aromatic heterocycles. The SMILES string of the molecule is O=C(NC1=NN(c2ccccc2)C(=O)C1)C(Sc1ccc(NC(=O)C2CC=CCC2C(=O)O)cc1)c1ccccc1. The lowest BCUT2D eigenvalue weighted by molar-refractivity contribution is -0.146. The van der Waals surface area contributed by atoms with Crippen molar-refractivity contribution in [3.05, 3.63) is 103 Å². The molecule has 1 aliphatic carbocycles. The number of hydrogen-bond acceptors (Lipinski definition) is 6. The monoisotopic (exact) mass is 568 g/mol. The van der Waals surface area contributed by atoms with E-state index in [1.165, 1.54) is 16.8 Å². The number of benzene rings is 3. The van der Waals surface area contributed by atoms with Crippen LogP contribution >= 0.6 is 11.8 Å². The second-order valence-corrected chi connectivity index (χ2v) is 10.8. The van der Waals surface area contributed by atoms with E-state index in [1.54, 1.807) is 42.5 Å². The summed E-state index contributed by atoms with van der Waals surface area (Å²) in [5, 5.41) is 20.1. The van der Waals surface area contributed by atoms with Crippen LogP contribution in [0.5, 0.6) is 0 Å². The molecule has 9 nitrogen and oxygen atoms in total. The Morgan fingerprint density at radius 1 is 0.854 bits per heavy atom. The van der Waals surface area contributed by atoms with Crippen molar-refractivity contribution in [3.63, 3.8) is 0 Å². The Balaban J connectivity index is 1.28. The molecule has 1 aliphatic heterocycles. The average molecular weight is 569 g/mol. The summed E-state index contributed by atoms with van der Waals surface area (Å²) in [5.41, 5.74) is 1.95. The minimum atomic E-state index is -0.979. The molecule has 0 saturated carbocycles. The number of carbonyl (C=O) groups excluding carboxylic acids is 3. The van der Waals surface area contributed by atoms with Gasteiger partial charge in [0, 0.05) is 10.6 Å². The maximum atomic E-state index is 13.5. The van der Waals surface area contributed by atoms with Gasteiger partial charge in [-0.2, -0.15) is 10.1 Å². The number of carboxylic acid groups (broad SMARTS) is 1. The fourth-order valence-corrected chi connectivity index (χ4v) is 5.77. The van der Waals surface area contributed by atoms with Crippen LogP contribution in [0.4, 0.5) is 11.4 Å². The second kappa shape index (κ2) is 12.6. The number of rotatable bonds is 8. The minimum absolute atomic E-state index is 0.0132. The van der Waals surface area contributed by atoms with Crippen LogP contribution in [0.2, 0.25) is 0 Å². The van der Waals surface area contributed by atoms with Gasteiger partial charge >= 0.3 is 5.97 Å². The van der Waals surface area contributed by atoms with E-state index in [0.717, 1.165) is 10.5 Å². The van der Waals surface area contributed by atoms with Crippen LogP contribution in [0.1, 0.15) is 30.1 Å². The van der Waals surface area contributed by atoms with E-state index < -0.39 is 23.1 Å². The first-order valence-corrected chi connectivity index (χ1v) is 14.0. The van der Waals surface area contributed by atoms with Gasteiger partial charge in [-0.25, -0.2) is 0 Å². The normalized spacial score (nSPS) is 18.9. The number of para-hydroxylation sites is 1. The van der Waals surface area contributed by atoms with Crippen LogP contribution in [-0.2, 0) is 19.2 Å². The number of amidine groups is 1. The highest BCUT2D eigenvalue weighted by Gasteiger charge is 2.34. The van der Waals surface area contributed by atoms with Gasteiger partial charge in [0.1, 0.15) is 11.1 Å². The zero-order valence-corrected chi connectivity index (χ0v) is 22.8. The lowest BCUT2D eigenvalue weighted by atomic mass is 9.82. The van der Waals surface area contributed by atoms with E-state index in [9.17, 15) is 24.3 Å². The second-order valence-electron chi connectivity index (χ2n) is 9.67. The fraction of sp³-hybridized carbons (Fsp3) is 0.194. The summed E-state index contributed by atoms with van der Waals surface area (Å²) in [6.07, 6.45) is 4.33. The summed E-state index contributed by atoms with van der Waals surface area (Å²) in [5.74, 6) is -2.97. The molecule has 0 saturated heterocycles. The molecule has 0 bridgehead atoms. The van der Waals surface area contributed by atoms with Crippen molar-refractivity contribution in [2.24, 2.45) is 16.9 Å². The summed E-state index contributed by atoms with van der Waals surface area (Å²) < 4.78 is 0. The first kappa shape index (κ1) is 27.9. The number of anilines is 2. The lowest BCUT2D eigenvalue weighted by Crippen LogP contribution is -2.34. The van der Waals surface area contributed by atoms with Crippen LogP contribution in [0.15, 0.2) is 107 Å². The standard InChI is InChI=1S/C31H28N4O5S/c36-27-19-26(34-35(27)22-11-5-2-6-12-22)33-30(38)28(20-9-3-1-4-10-20)41-23-17-15-21(16-18-23)32-29(37)24-13-7-8-14-25(24)31(39)40/h1-12,15-18,24-25,28H,13-14,19H2,(H,32,37)(H,39,40)(H,33,34,38). The van der Waals surface area contributed by atoms with Gasteiger partial charge in [-0.3, -0.25) is 19.2 Å². The van der Waals surface area contributed by atoms with E-state index in [0.29, 0.717) is 24.2 Å². The topological polar surface area (TPSA) is 128 Å². The van der Waals surface area contributed by atoms with E-state index >= 15 is 0 Å². The van der Waals surface area contributed by atoms with E-state index in [4.69, 9.17) is 0 Å². The summed E-state index contributed by atoms with van der Waals surface area (Å²) >= 11 is 1.33. The van der Waals surface area contributed by atoms with Crippen molar-refractivity contribution in [2.45, 2.75) is 29.4 Å². The van der Waals surface area contributed by atoms with Crippen molar-refractivity contribution < 1.29 is 24.3 Å². The van der Waals surface area contributed by atoms with Gasteiger partial charge in [0.25, 0.3) is 5.91 Å². The van der Waals surface area contributed by atoms with E-state index in [2.05, 4.69) is 15.7 Å². The van der Waals surface area contributed by atoms with Crippen molar-refractivity contribution in [1.82, 2.24) is 5.32 Å². The minimum Gasteiger partial charge on any atom is -0.481 e. The van der Waals surface area contributed by atoms with Crippen LogP contribution in [0, 0.1) is 11.8 Å². The molecule has 10 heteroatoms. The molecule has 2 aliphatic rings. The third kappa shape index (κ3) is 6.72. The number of carboxylic acids is 1. The highest BCUT2D eigenvalue weighted by Crippen LogP contribution is 2.36. The molecule has 3 aromatic rings. The van der Waals surface area contributed by atoms with Crippen LogP contribution in [0.3, 0.4) is 0 Å². The van der Waals surface area contributed by atoms with Gasteiger partial charge in [-0.1, -0.05) is 60.7 Å². The van der Waals surface area contributed by atoms with Gasteiger partial charge in [0.2, 0.25) is 11.8 Å². The number of thioether (sulfide) groups is 1. The van der Waals surface area contributed by atoms with Crippen LogP contribution in [0.25, 0.3) is 0 Å². The van der Waals surface area contributed by atoms with Crippen LogP contribution in [-0.4, -0.2) is 34.6 Å². The largest absolute Gasteiger partial charge is 0.481 e. The molecular weight excluding hydrogens is 540 g/mol. The Bertz CT molecular complexity index is 1490. The molecule has 0 fully saturated rings. The molecule has 0 radical (unpaired) electrons. The number of aliphatic carboxylic acids is 1. The molecule has 1 heterocycles. The molecule has 3 amide bonds. The summed E-state index contributed by atoms with van der Waals surface area (Å²) in [6, 6.07) is 25.4. The number of hydrogen-bond donors (Lipinski definition) is 3. The number of amides is 3. The Morgan fingerprint density at radius 3 is 2.15 bits per heavy atom. The highest BCUT2D eigenvalue weighted by molar-refractivity contribution is 8.00. The van der Waals surface area contributed by atoms with Crippen molar-refractivity contribution >= 4 is 52.7 Å². The van der Waals surface area contributed by atoms with Crippen molar-refractivity contribution in [1.29, 1.82) is 0 Å². The summed E-state index contributed by atoms with van der Waals surface area (Å²) in [4.78, 5) is 51.2. The summed E-state index contributed by atoms with van der Waals surface area (Å²) in [7, 11) is 0. The number of nitrogens with zero attached hydrogens (tertiary/aromatic N) is 2. The zero-order chi connectivity index (χ0) is 28.8. The quantitative estimate of drug-likeness (QED) is 0.259. The molecule has 3 atom stereocenters. The lowest BCUT2D eigenvalue weighted by Gasteiger charge is -2.24. The van der Waals surface area contributed by atoms with Gasteiger partial charge in [-0.05, 0) is 54.8 Å². The van der Waals surface area contributed by atoms with E-state index in [1.807, 2.05) is 54.6 Å². The first-order chi connectivity index (χ1) is 19.9. The smallest absolute Gasteiger partial charge is 0.307 e. The third-order valence-electron chi connectivity index (χ3n) is 6.85. The predicted octanol–water partition coefficient (Wildman–Crippen LogP) is 4.99. The number of carbonyl (C=O) groups is 4. The van der Waals surface area contributed by atoms with Crippen LogP contribution < -0.4 is 15.6 Å². The third-order valence-corrected chi connectivity index (χ3v) is 8.11. The molecule has 0 spiro atoms. The Kier molecular flexibility index (Phi) is 8.59. The van der Waals surface area contributed by atoms with Gasteiger partial charge in [0.15, 0.2) is 0 Å². The first-order valence-electron chi connectivity index (χ1n) is 13.2. The average Bonchev–Trinajstić information content (AvgIpc) is 3.37. The Hall–Kier alpha value is -4.70. The number of nitrogens with one attached hydrogen (secondary N) is 2. The van der Waals surface area contributed by atoms with Gasteiger partial charge < -0.3 is 15.7 Å². The maximum Gasteiger partial charge on any atom is 0.307 e. The predicted molar refractivity (Wildman–Crippen MR) is 157 cm³/mol. The fourth-order valence-electron chi connectivity index (χ4n) is 4.74. The molecule has 3 N–H and O–H groups in total. The molecule has 5 rings (SSSR count). The molecule has 3 aromatic carbocycles. The Labute approximate surface area is 241 Å². The van der Waals surface area contributed by atoms with Gasteiger partial charge in [-0.15, -0.1) is 11.8 Å². The van der Waals surface area contributed by atoms with Crippen molar-refractivity contribution in [3.8, 4) is 0 Å². The maximum absolute atomic E-state index is 13.5. The zero-order valence-electron chi connectivity index (χ0n) is 22.0. The molecule has 41 heavy (non-hydrogen) atoms. The number of hydrazone groups is 1. The van der Waals surface area contributed by atoms with Crippen molar-refractivity contribution in [2.75, 3.05) is 10.3 Å². The molecule has 3 unspecified atom stereocenters. The Morgan fingerprint density at radius 2 is 1.49 bits per heavy atom. The highest BCUT2D eigenvalue weighted by atomic mass is 32.2. The summed E-state index contributed by atoms with van der Waals surface area (Å²) in [6.45, 7) is 0. The van der Waals surface area contributed by atoms with E-state index in [-0.39, 0.29) is 30.0 Å².